The SMILES string of the molecule is Cn1c(=O)c(CC2CCCN2)cc2cc(F)ccc21. The first kappa shape index (κ1) is 12.4. The third-order valence-corrected chi connectivity index (χ3v) is 3.89. The lowest BCUT2D eigenvalue weighted by atomic mass is 10.0. The van der Waals surface area contributed by atoms with E-state index >= 15 is 0 Å². The van der Waals surface area contributed by atoms with Crippen molar-refractivity contribution in [3.8, 4) is 0 Å². The molecule has 1 atom stereocenters. The molecule has 0 saturated carbocycles. The van der Waals surface area contributed by atoms with E-state index in [-0.39, 0.29) is 11.4 Å². The molecule has 1 saturated heterocycles. The van der Waals surface area contributed by atoms with Crippen LogP contribution in [0.4, 0.5) is 4.39 Å². The molecule has 1 aromatic heterocycles. The molecule has 4 heteroatoms. The van der Waals surface area contributed by atoms with Crippen LogP contribution in [0.1, 0.15) is 18.4 Å². The largest absolute Gasteiger partial charge is 0.314 e. The number of pyridine rings is 1. The van der Waals surface area contributed by atoms with Gasteiger partial charge in [-0.25, -0.2) is 4.39 Å². The second kappa shape index (κ2) is 4.78. The zero-order valence-electron chi connectivity index (χ0n) is 10.9. The fourth-order valence-electron chi connectivity index (χ4n) is 2.86. The summed E-state index contributed by atoms with van der Waals surface area (Å²) in [7, 11) is 1.74. The van der Waals surface area contributed by atoms with Crippen molar-refractivity contribution in [2.45, 2.75) is 25.3 Å². The Balaban J connectivity index is 2.08. The molecule has 1 unspecified atom stereocenters. The molecule has 3 rings (SSSR count). The predicted octanol–water partition coefficient (Wildman–Crippen LogP) is 1.97. The number of halogens is 1. The summed E-state index contributed by atoms with van der Waals surface area (Å²) in [6.45, 7) is 1.02. The van der Waals surface area contributed by atoms with Gasteiger partial charge >= 0.3 is 0 Å². The molecule has 1 fully saturated rings. The van der Waals surface area contributed by atoms with E-state index in [4.69, 9.17) is 0 Å². The molecule has 2 heterocycles. The van der Waals surface area contributed by atoms with Crippen molar-refractivity contribution in [3.05, 3.63) is 46.0 Å². The quantitative estimate of drug-likeness (QED) is 0.895. The summed E-state index contributed by atoms with van der Waals surface area (Å²) in [6.07, 6.45) is 2.98. The van der Waals surface area contributed by atoms with Crippen molar-refractivity contribution in [2.24, 2.45) is 7.05 Å². The lowest BCUT2D eigenvalue weighted by Crippen LogP contribution is -2.29. The first-order valence-electron chi connectivity index (χ1n) is 6.67. The number of fused-ring (bicyclic) bond motifs is 1. The van der Waals surface area contributed by atoms with Gasteiger partial charge in [-0.3, -0.25) is 4.79 Å². The molecular formula is C15H17FN2O. The van der Waals surface area contributed by atoms with Crippen molar-refractivity contribution in [2.75, 3.05) is 6.54 Å². The normalized spacial score (nSPS) is 19.2. The standard InChI is InChI=1S/C15H17FN2O/c1-18-14-5-4-12(16)8-10(14)7-11(15(18)19)9-13-3-2-6-17-13/h4-5,7-8,13,17H,2-3,6,9H2,1H3. The second-order valence-electron chi connectivity index (χ2n) is 5.23. The summed E-state index contributed by atoms with van der Waals surface area (Å²) in [4.78, 5) is 12.3. The number of nitrogens with zero attached hydrogens (tertiary/aromatic N) is 1. The van der Waals surface area contributed by atoms with Gasteiger partial charge in [0.1, 0.15) is 5.82 Å². The Kier molecular flexibility index (Phi) is 3.11. The molecule has 2 aromatic rings. The smallest absolute Gasteiger partial charge is 0.254 e. The van der Waals surface area contributed by atoms with E-state index in [0.717, 1.165) is 42.3 Å². The zero-order chi connectivity index (χ0) is 13.4. The fraction of sp³-hybridized carbons (Fsp3) is 0.400. The number of aromatic nitrogens is 1. The van der Waals surface area contributed by atoms with Gasteiger partial charge in [-0.2, -0.15) is 0 Å². The van der Waals surface area contributed by atoms with Gasteiger partial charge in [-0.1, -0.05) is 0 Å². The number of hydrogen-bond acceptors (Lipinski definition) is 2. The molecule has 1 aliphatic rings. The lowest BCUT2D eigenvalue weighted by Gasteiger charge is -2.12. The second-order valence-corrected chi connectivity index (χ2v) is 5.23. The van der Waals surface area contributed by atoms with Crippen molar-refractivity contribution >= 4 is 10.9 Å². The maximum atomic E-state index is 13.3. The Hall–Kier alpha value is -1.68. The van der Waals surface area contributed by atoms with E-state index in [1.165, 1.54) is 12.1 Å². The van der Waals surface area contributed by atoms with Crippen LogP contribution in [0.3, 0.4) is 0 Å². The minimum Gasteiger partial charge on any atom is -0.314 e. The first-order chi connectivity index (χ1) is 9.15. The maximum Gasteiger partial charge on any atom is 0.254 e. The van der Waals surface area contributed by atoms with Gasteiger partial charge in [0, 0.05) is 24.0 Å². The molecule has 0 bridgehead atoms. The molecule has 3 nitrogen and oxygen atoms in total. The van der Waals surface area contributed by atoms with Gasteiger partial charge in [0.25, 0.3) is 5.56 Å². The highest BCUT2D eigenvalue weighted by Crippen LogP contribution is 2.17. The average molecular weight is 260 g/mol. The average Bonchev–Trinajstić information content (AvgIpc) is 2.88. The summed E-state index contributed by atoms with van der Waals surface area (Å²) in [5, 5.41) is 4.18. The minimum atomic E-state index is -0.268. The first-order valence-corrected chi connectivity index (χ1v) is 6.67. The number of rotatable bonds is 2. The Labute approximate surface area is 111 Å². The van der Waals surface area contributed by atoms with Crippen LogP contribution in [-0.4, -0.2) is 17.2 Å². The topological polar surface area (TPSA) is 34.0 Å². The molecule has 1 aliphatic heterocycles. The van der Waals surface area contributed by atoms with E-state index in [9.17, 15) is 9.18 Å². The Bertz CT molecular complexity index is 672. The Morgan fingerprint density at radius 1 is 1.42 bits per heavy atom. The summed E-state index contributed by atoms with van der Waals surface area (Å²) in [5.41, 5.74) is 1.56. The van der Waals surface area contributed by atoms with Crippen molar-refractivity contribution in [1.82, 2.24) is 9.88 Å². The van der Waals surface area contributed by atoms with Crippen LogP contribution in [0.5, 0.6) is 0 Å². The van der Waals surface area contributed by atoms with Gasteiger partial charge in [-0.05, 0) is 50.1 Å². The highest BCUT2D eigenvalue weighted by Gasteiger charge is 2.17. The molecule has 1 aromatic carbocycles. The molecule has 0 radical (unpaired) electrons. The van der Waals surface area contributed by atoms with Crippen LogP contribution < -0.4 is 10.9 Å². The van der Waals surface area contributed by atoms with Crippen LogP contribution in [0.25, 0.3) is 10.9 Å². The molecule has 0 amide bonds. The fourth-order valence-corrected chi connectivity index (χ4v) is 2.86. The van der Waals surface area contributed by atoms with Gasteiger partial charge in [0.05, 0.1) is 5.52 Å². The van der Waals surface area contributed by atoms with Crippen molar-refractivity contribution in [1.29, 1.82) is 0 Å². The predicted molar refractivity (Wildman–Crippen MR) is 73.9 cm³/mol. The monoisotopic (exact) mass is 260 g/mol. The summed E-state index contributed by atoms with van der Waals surface area (Å²) in [6, 6.07) is 6.74. The summed E-state index contributed by atoms with van der Waals surface area (Å²) in [5.74, 6) is -0.268. The van der Waals surface area contributed by atoms with Crippen molar-refractivity contribution < 1.29 is 4.39 Å². The Morgan fingerprint density at radius 2 is 2.26 bits per heavy atom. The van der Waals surface area contributed by atoms with Crippen LogP contribution >= 0.6 is 0 Å². The zero-order valence-corrected chi connectivity index (χ0v) is 10.9. The van der Waals surface area contributed by atoms with E-state index < -0.39 is 0 Å². The van der Waals surface area contributed by atoms with Crippen molar-refractivity contribution in [3.63, 3.8) is 0 Å². The third kappa shape index (κ3) is 2.28. The van der Waals surface area contributed by atoms with Gasteiger partial charge < -0.3 is 9.88 Å². The molecule has 100 valence electrons. The Morgan fingerprint density at radius 3 is 3.00 bits per heavy atom. The van der Waals surface area contributed by atoms with E-state index in [1.54, 1.807) is 17.7 Å². The maximum absolute atomic E-state index is 13.3. The lowest BCUT2D eigenvalue weighted by molar-refractivity contribution is 0.597. The van der Waals surface area contributed by atoms with Crippen LogP contribution in [0.2, 0.25) is 0 Å². The number of nitrogens with one attached hydrogen (secondary N) is 1. The molecular weight excluding hydrogens is 243 g/mol. The number of hydrogen-bond donors (Lipinski definition) is 1. The highest BCUT2D eigenvalue weighted by molar-refractivity contribution is 5.79. The van der Waals surface area contributed by atoms with Crippen LogP contribution in [0.15, 0.2) is 29.1 Å². The van der Waals surface area contributed by atoms with Gasteiger partial charge in [-0.15, -0.1) is 0 Å². The third-order valence-electron chi connectivity index (χ3n) is 3.89. The van der Waals surface area contributed by atoms with E-state index in [2.05, 4.69) is 5.32 Å². The van der Waals surface area contributed by atoms with Crippen LogP contribution in [-0.2, 0) is 13.5 Å². The molecule has 0 spiro atoms. The van der Waals surface area contributed by atoms with Gasteiger partial charge in [0.2, 0.25) is 0 Å². The highest BCUT2D eigenvalue weighted by atomic mass is 19.1. The van der Waals surface area contributed by atoms with E-state index in [1.807, 2.05) is 6.07 Å². The number of benzene rings is 1. The molecule has 0 aliphatic carbocycles. The number of aryl methyl sites for hydroxylation is 1. The van der Waals surface area contributed by atoms with Crippen LogP contribution in [0, 0.1) is 5.82 Å². The summed E-state index contributed by atoms with van der Waals surface area (Å²) < 4.78 is 14.9. The van der Waals surface area contributed by atoms with E-state index in [0.29, 0.717) is 6.04 Å². The molecule has 19 heavy (non-hydrogen) atoms. The van der Waals surface area contributed by atoms with Gasteiger partial charge in [0.15, 0.2) is 0 Å². The minimum absolute atomic E-state index is 0.0211. The molecule has 1 N–H and O–H groups in total. The summed E-state index contributed by atoms with van der Waals surface area (Å²) >= 11 is 0.